The summed E-state index contributed by atoms with van der Waals surface area (Å²) in [7, 11) is 0. The maximum Gasteiger partial charge on any atom is 0.271 e. The number of hydrogen-bond acceptors (Lipinski definition) is 6. The molecule has 1 heterocycles. The number of halogens is 2. The normalized spacial score (nSPS) is 11.0. The maximum atomic E-state index is 12.5. The molecule has 0 spiro atoms. The second kappa shape index (κ2) is 11.6. The first-order valence-corrected chi connectivity index (χ1v) is 13.2. The van der Waals surface area contributed by atoms with Gasteiger partial charge in [0, 0.05) is 22.2 Å². The fourth-order valence-corrected chi connectivity index (χ4v) is 5.37. The summed E-state index contributed by atoms with van der Waals surface area (Å²) in [6.45, 7) is 4.55. The molecule has 0 aliphatic carbocycles. The number of aryl methyl sites for hydroxylation is 1. The second-order valence-corrected chi connectivity index (χ2v) is 10.1. The minimum absolute atomic E-state index is 0.295. The molecule has 0 aliphatic rings. The first-order chi connectivity index (χ1) is 16.9. The van der Waals surface area contributed by atoms with Crippen molar-refractivity contribution >= 4 is 66.1 Å². The highest BCUT2D eigenvalue weighted by molar-refractivity contribution is 9.11. The number of hydrazone groups is 1. The average Bonchev–Trinajstić information content (AvgIpc) is 3.31. The van der Waals surface area contributed by atoms with Crippen LogP contribution in [0.4, 0.5) is 10.8 Å². The van der Waals surface area contributed by atoms with Crippen LogP contribution in [-0.2, 0) is 0 Å². The SMILES string of the molecule is CCOc1c(Br)cc(/C=N\NC(=O)c2ccc(-c3csc(Nc4ccc(C)cc4)n3)cc2)cc1Br. The molecule has 0 radical (unpaired) electrons. The van der Waals surface area contributed by atoms with E-state index in [1.165, 1.54) is 16.9 Å². The van der Waals surface area contributed by atoms with Gasteiger partial charge in [-0.25, -0.2) is 10.4 Å². The van der Waals surface area contributed by atoms with Crippen molar-refractivity contribution < 1.29 is 9.53 Å². The third-order valence-corrected chi connectivity index (χ3v) is 6.87. The van der Waals surface area contributed by atoms with E-state index in [-0.39, 0.29) is 5.91 Å². The van der Waals surface area contributed by atoms with Crippen LogP contribution in [0.2, 0.25) is 0 Å². The lowest BCUT2D eigenvalue weighted by atomic mass is 10.1. The van der Waals surface area contributed by atoms with Crippen LogP contribution in [0.5, 0.6) is 5.75 Å². The molecular weight excluding hydrogens is 592 g/mol. The third kappa shape index (κ3) is 6.56. The van der Waals surface area contributed by atoms with E-state index in [1.807, 2.05) is 48.7 Å². The molecule has 0 saturated heterocycles. The van der Waals surface area contributed by atoms with Crippen molar-refractivity contribution in [3.8, 4) is 17.0 Å². The van der Waals surface area contributed by atoms with Crippen molar-refractivity contribution in [3.05, 3.63) is 91.7 Å². The number of benzene rings is 3. The first-order valence-electron chi connectivity index (χ1n) is 10.8. The maximum absolute atomic E-state index is 12.5. The molecule has 4 rings (SSSR count). The fourth-order valence-electron chi connectivity index (χ4n) is 3.18. The number of amides is 1. The van der Waals surface area contributed by atoms with E-state index in [1.54, 1.807) is 18.3 Å². The number of thiazole rings is 1. The quantitative estimate of drug-likeness (QED) is 0.159. The summed E-state index contributed by atoms with van der Waals surface area (Å²) in [6, 6.07) is 19.2. The van der Waals surface area contributed by atoms with Gasteiger partial charge in [-0.1, -0.05) is 29.8 Å². The Balaban J connectivity index is 1.37. The number of nitrogens with one attached hydrogen (secondary N) is 2. The Kier molecular flexibility index (Phi) is 8.33. The molecule has 3 aromatic carbocycles. The van der Waals surface area contributed by atoms with Gasteiger partial charge in [0.15, 0.2) is 5.13 Å². The fraction of sp³-hybridized carbons (Fsp3) is 0.115. The van der Waals surface area contributed by atoms with Gasteiger partial charge in [0.05, 0.1) is 27.5 Å². The highest BCUT2D eigenvalue weighted by atomic mass is 79.9. The van der Waals surface area contributed by atoms with Crippen molar-refractivity contribution in [2.24, 2.45) is 5.10 Å². The van der Waals surface area contributed by atoms with Gasteiger partial charge in [-0.05, 0) is 87.7 Å². The number of rotatable bonds is 8. The monoisotopic (exact) mass is 612 g/mol. The zero-order valence-corrected chi connectivity index (χ0v) is 23.0. The highest BCUT2D eigenvalue weighted by Gasteiger charge is 2.10. The number of carbonyl (C=O) groups is 1. The van der Waals surface area contributed by atoms with Crippen LogP contribution in [0.3, 0.4) is 0 Å². The molecule has 0 bridgehead atoms. The molecule has 0 aliphatic heterocycles. The Morgan fingerprint density at radius 1 is 1.09 bits per heavy atom. The summed E-state index contributed by atoms with van der Waals surface area (Å²) in [5, 5.41) is 10.2. The third-order valence-electron chi connectivity index (χ3n) is 4.94. The lowest BCUT2D eigenvalue weighted by molar-refractivity contribution is 0.0955. The van der Waals surface area contributed by atoms with Crippen molar-refractivity contribution in [2.45, 2.75) is 13.8 Å². The number of nitrogens with zero attached hydrogens (tertiary/aromatic N) is 2. The number of anilines is 2. The largest absolute Gasteiger partial charge is 0.492 e. The van der Waals surface area contributed by atoms with Gasteiger partial charge in [0.25, 0.3) is 5.91 Å². The van der Waals surface area contributed by atoms with Crippen LogP contribution in [0.15, 0.2) is 80.1 Å². The van der Waals surface area contributed by atoms with Gasteiger partial charge in [-0.3, -0.25) is 4.79 Å². The molecule has 4 aromatic rings. The minimum Gasteiger partial charge on any atom is -0.492 e. The lowest BCUT2D eigenvalue weighted by Crippen LogP contribution is -2.17. The Labute approximate surface area is 224 Å². The summed E-state index contributed by atoms with van der Waals surface area (Å²) < 4.78 is 7.19. The number of carbonyl (C=O) groups excluding carboxylic acids is 1. The van der Waals surface area contributed by atoms with E-state index in [0.717, 1.165) is 42.3 Å². The van der Waals surface area contributed by atoms with E-state index in [9.17, 15) is 4.79 Å². The lowest BCUT2D eigenvalue weighted by Gasteiger charge is -2.09. The van der Waals surface area contributed by atoms with E-state index >= 15 is 0 Å². The Hall–Kier alpha value is -3.01. The number of hydrogen-bond donors (Lipinski definition) is 2. The zero-order chi connectivity index (χ0) is 24.8. The van der Waals surface area contributed by atoms with Gasteiger partial charge in [0.1, 0.15) is 5.75 Å². The summed E-state index contributed by atoms with van der Waals surface area (Å²) in [4.78, 5) is 17.2. The Bertz CT molecular complexity index is 1330. The molecule has 0 atom stereocenters. The van der Waals surface area contributed by atoms with Crippen LogP contribution in [0.1, 0.15) is 28.4 Å². The van der Waals surface area contributed by atoms with Crippen LogP contribution in [-0.4, -0.2) is 23.7 Å². The Morgan fingerprint density at radius 2 is 1.77 bits per heavy atom. The summed E-state index contributed by atoms with van der Waals surface area (Å²) in [5.74, 6) is 0.434. The van der Waals surface area contributed by atoms with E-state index in [2.05, 4.69) is 71.7 Å². The van der Waals surface area contributed by atoms with Gasteiger partial charge >= 0.3 is 0 Å². The minimum atomic E-state index is -0.295. The van der Waals surface area contributed by atoms with Crippen LogP contribution >= 0.6 is 43.2 Å². The van der Waals surface area contributed by atoms with Gasteiger partial charge in [0.2, 0.25) is 0 Å². The van der Waals surface area contributed by atoms with Crippen molar-refractivity contribution in [1.29, 1.82) is 0 Å². The standard InChI is InChI=1S/C26H22Br2N4O2S/c1-3-34-24-21(27)12-17(13-22(24)28)14-29-32-25(33)19-8-6-18(7-9-19)23-15-35-26(31-23)30-20-10-4-16(2)5-11-20/h4-15H,3H2,1-2H3,(H,30,31)(H,32,33)/b29-14-. The topological polar surface area (TPSA) is 75.6 Å². The van der Waals surface area contributed by atoms with E-state index < -0.39 is 0 Å². The molecule has 35 heavy (non-hydrogen) atoms. The predicted molar refractivity (Wildman–Crippen MR) is 150 cm³/mol. The Morgan fingerprint density at radius 3 is 2.43 bits per heavy atom. The van der Waals surface area contributed by atoms with Crippen LogP contribution in [0, 0.1) is 6.92 Å². The van der Waals surface area contributed by atoms with Crippen LogP contribution < -0.4 is 15.5 Å². The number of aromatic nitrogens is 1. The molecule has 0 fully saturated rings. The molecular formula is C26H22Br2N4O2S. The first kappa shape index (κ1) is 25.1. The van der Waals surface area contributed by atoms with Gasteiger partial charge < -0.3 is 10.1 Å². The van der Waals surface area contributed by atoms with E-state index in [4.69, 9.17) is 4.74 Å². The van der Waals surface area contributed by atoms with E-state index in [0.29, 0.717) is 12.2 Å². The smallest absolute Gasteiger partial charge is 0.271 e. The molecule has 178 valence electrons. The molecule has 9 heteroatoms. The van der Waals surface area contributed by atoms with Crippen LogP contribution in [0.25, 0.3) is 11.3 Å². The second-order valence-electron chi connectivity index (χ2n) is 7.55. The summed E-state index contributed by atoms with van der Waals surface area (Å²) in [5.41, 5.74) is 7.87. The highest BCUT2D eigenvalue weighted by Crippen LogP contribution is 2.34. The molecule has 1 amide bonds. The zero-order valence-electron chi connectivity index (χ0n) is 19.0. The predicted octanol–water partition coefficient (Wildman–Crippen LogP) is 7.55. The summed E-state index contributed by atoms with van der Waals surface area (Å²) in [6.07, 6.45) is 1.58. The number of ether oxygens (including phenoxy) is 1. The van der Waals surface area contributed by atoms with Crippen molar-refractivity contribution in [2.75, 3.05) is 11.9 Å². The van der Waals surface area contributed by atoms with Gasteiger partial charge in [-0.15, -0.1) is 11.3 Å². The van der Waals surface area contributed by atoms with Crippen molar-refractivity contribution in [3.63, 3.8) is 0 Å². The molecule has 0 saturated carbocycles. The molecule has 2 N–H and O–H groups in total. The molecule has 1 aromatic heterocycles. The summed E-state index contributed by atoms with van der Waals surface area (Å²) >= 11 is 8.51. The van der Waals surface area contributed by atoms with Crippen molar-refractivity contribution in [1.82, 2.24) is 10.4 Å². The van der Waals surface area contributed by atoms with Gasteiger partial charge in [-0.2, -0.15) is 5.10 Å². The molecule has 0 unspecified atom stereocenters. The molecule has 6 nitrogen and oxygen atoms in total. The average molecular weight is 614 g/mol.